The first-order valence-corrected chi connectivity index (χ1v) is 6.53. The minimum absolute atomic E-state index is 0.191. The molecule has 16 heavy (non-hydrogen) atoms. The topological polar surface area (TPSA) is 23.8 Å². The summed E-state index contributed by atoms with van der Waals surface area (Å²) in [5, 5.41) is 8.73. The van der Waals surface area contributed by atoms with E-state index in [1.54, 1.807) is 11.8 Å². The quantitative estimate of drug-likeness (QED) is 0.732. The summed E-state index contributed by atoms with van der Waals surface area (Å²) in [6.07, 6.45) is 3.16. The molecule has 1 heterocycles. The minimum atomic E-state index is 0.191. The van der Waals surface area contributed by atoms with E-state index in [2.05, 4.69) is 19.1 Å². The molecule has 0 bridgehead atoms. The lowest BCUT2D eigenvalue weighted by atomic mass is 9.99. The van der Waals surface area contributed by atoms with Crippen LogP contribution in [0, 0.1) is 11.3 Å². The molecule has 0 aliphatic carbocycles. The van der Waals surface area contributed by atoms with Crippen LogP contribution in [0.4, 0.5) is 0 Å². The summed E-state index contributed by atoms with van der Waals surface area (Å²) in [5.74, 6) is 0.376. The highest BCUT2D eigenvalue weighted by Crippen LogP contribution is 2.42. The fourth-order valence-corrected chi connectivity index (χ4v) is 3.16. The number of thioether (sulfide) groups is 1. The van der Waals surface area contributed by atoms with Gasteiger partial charge < -0.3 is 0 Å². The first kappa shape index (κ1) is 11.6. The lowest BCUT2D eigenvalue weighted by Gasteiger charge is -2.13. The summed E-state index contributed by atoms with van der Waals surface area (Å²) in [4.78, 5) is 1.34. The molecule has 1 nitrogen and oxygen atoms in total. The van der Waals surface area contributed by atoms with Crippen LogP contribution in [0.3, 0.4) is 0 Å². The molecular weight excluding hydrogens is 238 g/mol. The predicted molar refractivity (Wildman–Crippen MR) is 69.5 cm³/mol. The van der Waals surface area contributed by atoms with Crippen molar-refractivity contribution in [2.24, 2.45) is 0 Å². The second-order valence-electron chi connectivity index (χ2n) is 3.83. The van der Waals surface area contributed by atoms with Crippen molar-refractivity contribution in [2.75, 3.05) is 0 Å². The summed E-state index contributed by atoms with van der Waals surface area (Å²) in [6, 6.07) is 9.90. The van der Waals surface area contributed by atoms with Gasteiger partial charge in [-0.15, -0.1) is 23.4 Å². The Morgan fingerprint density at radius 3 is 2.62 bits per heavy atom. The number of nitriles is 1. The highest BCUT2D eigenvalue weighted by atomic mass is 35.5. The normalized spacial score (nSPS) is 21.3. The zero-order valence-corrected chi connectivity index (χ0v) is 10.6. The molecule has 0 fully saturated rings. The molecule has 0 saturated carbocycles. The molecule has 2 unspecified atom stereocenters. The van der Waals surface area contributed by atoms with E-state index in [4.69, 9.17) is 16.9 Å². The molecule has 1 aliphatic heterocycles. The Morgan fingerprint density at radius 2 is 2.12 bits per heavy atom. The van der Waals surface area contributed by atoms with E-state index in [1.807, 2.05) is 24.3 Å². The molecule has 1 aliphatic rings. The van der Waals surface area contributed by atoms with Gasteiger partial charge in [-0.05, 0) is 29.0 Å². The van der Waals surface area contributed by atoms with Gasteiger partial charge in [-0.2, -0.15) is 5.26 Å². The molecule has 0 amide bonds. The first-order valence-electron chi connectivity index (χ1n) is 5.21. The van der Waals surface area contributed by atoms with Gasteiger partial charge in [0.2, 0.25) is 0 Å². The van der Waals surface area contributed by atoms with Crippen LogP contribution in [0.1, 0.15) is 30.4 Å². The van der Waals surface area contributed by atoms with Crippen LogP contribution < -0.4 is 0 Å². The average molecular weight is 250 g/mol. The Hall–Kier alpha value is -0.910. The van der Waals surface area contributed by atoms with Crippen molar-refractivity contribution in [3.63, 3.8) is 0 Å². The number of alkyl halides is 1. The van der Waals surface area contributed by atoms with Gasteiger partial charge in [-0.1, -0.05) is 25.1 Å². The summed E-state index contributed by atoms with van der Waals surface area (Å²) >= 11 is 7.79. The molecule has 2 rings (SSSR count). The van der Waals surface area contributed by atoms with Crippen molar-refractivity contribution in [3.05, 3.63) is 46.4 Å². The number of halogens is 1. The second-order valence-corrected chi connectivity index (χ2v) is 5.89. The molecule has 2 atom stereocenters. The third-order valence-corrected chi connectivity index (χ3v) is 4.42. The van der Waals surface area contributed by atoms with Crippen molar-refractivity contribution >= 4 is 23.4 Å². The van der Waals surface area contributed by atoms with Gasteiger partial charge >= 0.3 is 0 Å². The Labute approximate surface area is 105 Å². The summed E-state index contributed by atoms with van der Waals surface area (Å²) in [6.45, 7) is 2.18. The zero-order chi connectivity index (χ0) is 11.5. The summed E-state index contributed by atoms with van der Waals surface area (Å²) < 4.78 is 0.191. The SMILES string of the molecule is CC(C1=CCC(Cl)S1)c1ccc(C#N)cc1. The van der Waals surface area contributed by atoms with Gasteiger partial charge in [-0.3, -0.25) is 0 Å². The molecule has 0 N–H and O–H groups in total. The van der Waals surface area contributed by atoms with E-state index >= 15 is 0 Å². The Morgan fingerprint density at radius 1 is 1.44 bits per heavy atom. The molecule has 1 aromatic carbocycles. The summed E-state index contributed by atoms with van der Waals surface area (Å²) in [7, 11) is 0. The summed E-state index contributed by atoms with van der Waals surface area (Å²) in [5.41, 5.74) is 1.95. The lowest BCUT2D eigenvalue weighted by molar-refractivity contribution is 0.948. The third-order valence-electron chi connectivity index (χ3n) is 2.73. The van der Waals surface area contributed by atoms with Crippen LogP contribution >= 0.6 is 23.4 Å². The van der Waals surface area contributed by atoms with Crippen LogP contribution in [0.15, 0.2) is 35.2 Å². The van der Waals surface area contributed by atoms with Gasteiger partial charge in [0.15, 0.2) is 0 Å². The molecule has 82 valence electrons. The van der Waals surface area contributed by atoms with Crippen LogP contribution in [0.5, 0.6) is 0 Å². The minimum Gasteiger partial charge on any atom is -0.192 e. The molecule has 0 spiro atoms. The van der Waals surface area contributed by atoms with Crippen LogP contribution in [0.25, 0.3) is 0 Å². The van der Waals surface area contributed by atoms with E-state index in [9.17, 15) is 0 Å². The Kier molecular flexibility index (Phi) is 3.58. The molecule has 1 aromatic rings. The fourth-order valence-electron chi connectivity index (χ4n) is 1.74. The van der Waals surface area contributed by atoms with Crippen molar-refractivity contribution in [1.29, 1.82) is 5.26 Å². The maximum absolute atomic E-state index is 8.73. The van der Waals surface area contributed by atoms with E-state index in [-0.39, 0.29) is 4.71 Å². The molecule has 3 heteroatoms. The van der Waals surface area contributed by atoms with Crippen LogP contribution in [-0.2, 0) is 0 Å². The molecule has 0 radical (unpaired) electrons. The van der Waals surface area contributed by atoms with E-state index in [0.29, 0.717) is 11.5 Å². The van der Waals surface area contributed by atoms with Crippen molar-refractivity contribution < 1.29 is 0 Å². The first-order chi connectivity index (χ1) is 7.70. The standard InChI is InChI=1S/C13H12ClNS/c1-9(12-6-7-13(14)16-12)11-4-2-10(8-15)3-5-11/h2-6,9,13H,7H2,1H3. The van der Waals surface area contributed by atoms with Crippen molar-refractivity contribution in [2.45, 2.75) is 24.0 Å². The number of benzene rings is 1. The van der Waals surface area contributed by atoms with E-state index in [1.165, 1.54) is 10.5 Å². The largest absolute Gasteiger partial charge is 0.192 e. The monoisotopic (exact) mass is 249 g/mol. The smallest absolute Gasteiger partial charge is 0.0991 e. The Bertz CT molecular complexity index is 444. The predicted octanol–water partition coefficient (Wildman–Crippen LogP) is 4.25. The number of allylic oxidation sites excluding steroid dienone is 2. The molecule has 0 saturated heterocycles. The van der Waals surface area contributed by atoms with Gasteiger partial charge in [-0.25, -0.2) is 0 Å². The second kappa shape index (κ2) is 4.95. The van der Waals surface area contributed by atoms with Crippen molar-refractivity contribution in [3.8, 4) is 6.07 Å². The molecular formula is C13H12ClNS. The fraction of sp³-hybridized carbons (Fsp3) is 0.308. The van der Waals surface area contributed by atoms with Crippen LogP contribution in [-0.4, -0.2) is 4.71 Å². The average Bonchev–Trinajstić information content (AvgIpc) is 2.75. The van der Waals surface area contributed by atoms with E-state index < -0.39 is 0 Å². The number of nitrogens with zero attached hydrogens (tertiary/aromatic N) is 1. The number of rotatable bonds is 2. The van der Waals surface area contributed by atoms with Crippen LogP contribution in [0.2, 0.25) is 0 Å². The van der Waals surface area contributed by atoms with Gasteiger partial charge in [0, 0.05) is 5.92 Å². The highest BCUT2D eigenvalue weighted by Gasteiger charge is 2.20. The maximum Gasteiger partial charge on any atom is 0.0991 e. The molecule has 0 aromatic heterocycles. The zero-order valence-electron chi connectivity index (χ0n) is 8.98. The Balaban J connectivity index is 2.15. The van der Waals surface area contributed by atoms with Gasteiger partial charge in [0.25, 0.3) is 0 Å². The number of hydrogen-bond donors (Lipinski definition) is 0. The maximum atomic E-state index is 8.73. The lowest BCUT2D eigenvalue weighted by Crippen LogP contribution is -1.94. The highest BCUT2D eigenvalue weighted by molar-refractivity contribution is 8.05. The van der Waals surface area contributed by atoms with E-state index in [0.717, 1.165) is 6.42 Å². The van der Waals surface area contributed by atoms with Gasteiger partial charge in [0.05, 0.1) is 16.3 Å². The third kappa shape index (κ3) is 2.42. The van der Waals surface area contributed by atoms with Gasteiger partial charge in [0.1, 0.15) is 0 Å². The number of hydrogen-bond acceptors (Lipinski definition) is 2. The van der Waals surface area contributed by atoms with Crippen molar-refractivity contribution in [1.82, 2.24) is 0 Å².